The highest BCUT2D eigenvalue weighted by atomic mass is 16.5. The predicted octanol–water partition coefficient (Wildman–Crippen LogP) is 4.50. The Balaban J connectivity index is 2.00. The van der Waals surface area contributed by atoms with Crippen LogP contribution >= 0.6 is 0 Å². The minimum atomic E-state index is 0.263. The summed E-state index contributed by atoms with van der Waals surface area (Å²) in [5.41, 5.74) is 2.49. The lowest BCUT2D eigenvalue weighted by Gasteiger charge is -2.18. The molecule has 1 aliphatic rings. The van der Waals surface area contributed by atoms with Crippen molar-refractivity contribution < 1.29 is 14.3 Å². The van der Waals surface area contributed by atoms with Gasteiger partial charge in [0, 0.05) is 11.1 Å². The number of ether oxygens (including phenoxy) is 2. The SMILES string of the molecule is COc1ccc(-c2c(C=O)cccc2OC2CCCC2)cc1. The van der Waals surface area contributed by atoms with Gasteiger partial charge in [-0.3, -0.25) is 4.79 Å². The maximum Gasteiger partial charge on any atom is 0.150 e. The molecule has 0 aliphatic heterocycles. The summed E-state index contributed by atoms with van der Waals surface area (Å²) in [6.07, 6.45) is 5.77. The molecule has 0 heterocycles. The first-order valence-corrected chi connectivity index (χ1v) is 7.71. The molecule has 0 saturated heterocycles. The van der Waals surface area contributed by atoms with Crippen LogP contribution in [0.2, 0.25) is 0 Å². The van der Waals surface area contributed by atoms with Crippen molar-refractivity contribution in [2.45, 2.75) is 31.8 Å². The smallest absolute Gasteiger partial charge is 0.150 e. The Hall–Kier alpha value is -2.29. The molecule has 0 atom stereocenters. The van der Waals surface area contributed by atoms with Gasteiger partial charge in [0.25, 0.3) is 0 Å². The molecule has 0 spiro atoms. The summed E-state index contributed by atoms with van der Waals surface area (Å²) >= 11 is 0. The highest BCUT2D eigenvalue weighted by Crippen LogP contribution is 2.36. The van der Waals surface area contributed by atoms with Crippen molar-refractivity contribution in [1.82, 2.24) is 0 Å². The van der Waals surface area contributed by atoms with E-state index < -0.39 is 0 Å². The lowest BCUT2D eigenvalue weighted by molar-refractivity contribution is 0.112. The molecule has 114 valence electrons. The first kappa shape index (κ1) is 14.6. The van der Waals surface area contributed by atoms with E-state index in [4.69, 9.17) is 9.47 Å². The highest BCUT2D eigenvalue weighted by molar-refractivity contribution is 5.90. The molecule has 2 aromatic rings. The monoisotopic (exact) mass is 296 g/mol. The van der Waals surface area contributed by atoms with Crippen LogP contribution in [-0.4, -0.2) is 19.5 Å². The van der Waals surface area contributed by atoms with Crippen LogP contribution in [0.1, 0.15) is 36.0 Å². The maximum atomic E-state index is 11.4. The van der Waals surface area contributed by atoms with Crippen LogP contribution in [0.15, 0.2) is 42.5 Å². The molecule has 3 rings (SSSR count). The summed E-state index contributed by atoms with van der Waals surface area (Å²) in [5, 5.41) is 0. The number of methoxy groups -OCH3 is 1. The van der Waals surface area contributed by atoms with Crippen LogP contribution in [0.25, 0.3) is 11.1 Å². The van der Waals surface area contributed by atoms with Gasteiger partial charge in [0.05, 0.1) is 13.2 Å². The van der Waals surface area contributed by atoms with Gasteiger partial charge in [-0.25, -0.2) is 0 Å². The molecule has 3 nitrogen and oxygen atoms in total. The molecular formula is C19H20O3. The minimum Gasteiger partial charge on any atom is -0.497 e. The van der Waals surface area contributed by atoms with Gasteiger partial charge in [-0.15, -0.1) is 0 Å². The summed E-state index contributed by atoms with van der Waals surface area (Å²) in [4.78, 5) is 11.4. The Bertz CT molecular complexity index is 640. The average molecular weight is 296 g/mol. The second-order valence-corrected chi connectivity index (χ2v) is 5.59. The zero-order chi connectivity index (χ0) is 15.4. The molecule has 22 heavy (non-hydrogen) atoms. The molecule has 1 fully saturated rings. The third-order valence-corrected chi connectivity index (χ3v) is 4.16. The Morgan fingerprint density at radius 1 is 1.05 bits per heavy atom. The first-order chi connectivity index (χ1) is 10.8. The topological polar surface area (TPSA) is 35.5 Å². The van der Waals surface area contributed by atoms with E-state index in [1.165, 1.54) is 12.8 Å². The fraction of sp³-hybridized carbons (Fsp3) is 0.316. The van der Waals surface area contributed by atoms with Crippen molar-refractivity contribution in [3.05, 3.63) is 48.0 Å². The summed E-state index contributed by atoms with van der Waals surface area (Å²) in [5.74, 6) is 1.59. The summed E-state index contributed by atoms with van der Waals surface area (Å²) in [7, 11) is 1.64. The molecule has 0 N–H and O–H groups in total. The molecule has 0 aromatic heterocycles. The van der Waals surface area contributed by atoms with Gasteiger partial charge < -0.3 is 9.47 Å². The summed E-state index contributed by atoms with van der Waals surface area (Å²) in [6.45, 7) is 0. The molecule has 0 bridgehead atoms. The van der Waals surface area contributed by atoms with Gasteiger partial charge in [-0.1, -0.05) is 24.3 Å². The molecule has 2 aromatic carbocycles. The fourth-order valence-electron chi connectivity index (χ4n) is 3.00. The third kappa shape index (κ3) is 2.98. The van der Waals surface area contributed by atoms with Gasteiger partial charge in [-0.05, 0) is 49.4 Å². The Kier molecular flexibility index (Phi) is 4.42. The molecule has 3 heteroatoms. The van der Waals surface area contributed by atoms with Crippen molar-refractivity contribution >= 4 is 6.29 Å². The highest BCUT2D eigenvalue weighted by Gasteiger charge is 2.19. The number of benzene rings is 2. The summed E-state index contributed by atoms with van der Waals surface area (Å²) in [6, 6.07) is 13.4. The minimum absolute atomic E-state index is 0.263. The van der Waals surface area contributed by atoms with Crippen molar-refractivity contribution in [3.63, 3.8) is 0 Å². The van der Waals surface area contributed by atoms with E-state index in [1.54, 1.807) is 7.11 Å². The molecule has 0 amide bonds. The summed E-state index contributed by atoms with van der Waals surface area (Å²) < 4.78 is 11.4. The Morgan fingerprint density at radius 3 is 2.41 bits per heavy atom. The van der Waals surface area contributed by atoms with Crippen molar-refractivity contribution in [2.75, 3.05) is 7.11 Å². The Morgan fingerprint density at radius 2 is 1.77 bits per heavy atom. The van der Waals surface area contributed by atoms with Gasteiger partial charge in [0.15, 0.2) is 6.29 Å². The second kappa shape index (κ2) is 6.65. The van der Waals surface area contributed by atoms with Crippen LogP contribution in [0.3, 0.4) is 0 Å². The zero-order valence-corrected chi connectivity index (χ0v) is 12.7. The molecule has 0 radical (unpaired) electrons. The molecular weight excluding hydrogens is 276 g/mol. The van der Waals surface area contributed by atoms with Crippen molar-refractivity contribution in [1.29, 1.82) is 0 Å². The average Bonchev–Trinajstić information content (AvgIpc) is 3.08. The largest absolute Gasteiger partial charge is 0.497 e. The van der Waals surface area contributed by atoms with Crippen LogP contribution in [0, 0.1) is 0 Å². The van der Waals surface area contributed by atoms with Gasteiger partial charge in [0.2, 0.25) is 0 Å². The van der Waals surface area contributed by atoms with Gasteiger partial charge in [-0.2, -0.15) is 0 Å². The van der Waals surface area contributed by atoms with Gasteiger partial charge >= 0.3 is 0 Å². The lowest BCUT2D eigenvalue weighted by atomic mass is 9.99. The van der Waals surface area contributed by atoms with E-state index >= 15 is 0 Å². The van der Waals surface area contributed by atoms with Crippen molar-refractivity contribution in [3.8, 4) is 22.6 Å². The number of hydrogen-bond acceptors (Lipinski definition) is 3. The van der Waals surface area contributed by atoms with Crippen LogP contribution in [0.4, 0.5) is 0 Å². The zero-order valence-electron chi connectivity index (χ0n) is 12.7. The lowest BCUT2D eigenvalue weighted by Crippen LogP contribution is -2.12. The van der Waals surface area contributed by atoms with E-state index in [-0.39, 0.29) is 6.10 Å². The maximum absolute atomic E-state index is 11.4. The van der Waals surface area contributed by atoms with Crippen molar-refractivity contribution in [2.24, 2.45) is 0 Å². The second-order valence-electron chi connectivity index (χ2n) is 5.59. The standard InChI is InChI=1S/C19H20O3/c1-21-16-11-9-14(10-12-16)19-15(13-20)5-4-8-18(19)22-17-6-2-3-7-17/h4-5,8-13,17H,2-3,6-7H2,1H3. The van der Waals surface area contributed by atoms with Crippen LogP contribution < -0.4 is 9.47 Å². The first-order valence-electron chi connectivity index (χ1n) is 7.71. The van der Waals surface area contributed by atoms with E-state index in [2.05, 4.69) is 0 Å². The Labute approximate surface area is 130 Å². The normalized spacial score (nSPS) is 14.8. The third-order valence-electron chi connectivity index (χ3n) is 4.16. The van der Waals surface area contributed by atoms with Crippen LogP contribution in [0.5, 0.6) is 11.5 Å². The number of aldehydes is 1. The molecule has 0 unspecified atom stereocenters. The fourth-order valence-corrected chi connectivity index (χ4v) is 3.00. The van der Waals surface area contributed by atoms with E-state index in [0.29, 0.717) is 5.56 Å². The quantitative estimate of drug-likeness (QED) is 0.762. The predicted molar refractivity (Wildman–Crippen MR) is 86.7 cm³/mol. The molecule has 1 saturated carbocycles. The van der Waals surface area contributed by atoms with Gasteiger partial charge in [0.1, 0.15) is 11.5 Å². The molecule has 1 aliphatic carbocycles. The van der Waals surface area contributed by atoms with E-state index in [1.807, 2.05) is 42.5 Å². The number of carbonyl (C=O) groups excluding carboxylic acids is 1. The number of carbonyl (C=O) groups is 1. The van der Waals surface area contributed by atoms with Crippen LogP contribution in [-0.2, 0) is 0 Å². The van der Waals surface area contributed by atoms with E-state index in [9.17, 15) is 4.79 Å². The number of rotatable bonds is 5. The number of hydrogen-bond donors (Lipinski definition) is 0. The van der Waals surface area contributed by atoms with E-state index in [0.717, 1.165) is 41.8 Å².